The highest BCUT2D eigenvalue weighted by Gasteiger charge is 2.21. The van der Waals surface area contributed by atoms with E-state index >= 15 is 0 Å². The molecule has 2 aromatic carbocycles. The van der Waals surface area contributed by atoms with Gasteiger partial charge in [0.15, 0.2) is 0 Å². The number of hydrogen-bond acceptors (Lipinski definition) is 5. The van der Waals surface area contributed by atoms with E-state index < -0.39 is 11.6 Å². The molecule has 3 heterocycles. The molecule has 1 aliphatic heterocycles. The molecule has 0 aliphatic carbocycles. The number of piperidine rings is 1. The first-order valence-electron chi connectivity index (χ1n) is 10.9. The van der Waals surface area contributed by atoms with Gasteiger partial charge in [0.2, 0.25) is 5.88 Å². The molecular weight excluding hydrogens is 426 g/mol. The summed E-state index contributed by atoms with van der Waals surface area (Å²) in [5.41, 5.74) is 0.466. The van der Waals surface area contributed by atoms with Crippen LogP contribution in [-0.4, -0.2) is 27.6 Å². The standard InChI is InChI=1S/C25H22F2N4O2/c26-17-7-10-23(29-14-17)33-18-8-9-22-20(12-18)25(32)31(15-16-4-3-11-28-13-16)24(30-22)19-5-1-2-6-21(19)27/h1-2,5-10,12,14,16,28H,3-4,11,13,15H2. The zero-order valence-corrected chi connectivity index (χ0v) is 17.8. The largest absolute Gasteiger partial charge is 0.439 e. The SMILES string of the molecule is O=c1c2cc(Oc3ccc(F)cn3)ccc2nc(-c2ccccc2F)n1CC1CCCNC1. The number of halogens is 2. The normalized spacial score (nSPS) is 16.1. The molecule has 1 aliphatic rings. The highest BCUT2D eigenvalue weighted by atomic mass is 19.1. The highest BCUT2D eigenvalue weighted by molar-refractivity contribution is 5.81. The van der Waals surface area contributed by atoms with Crippen molar-refractivity contribution in [1.29, 1.82) is 0 Å². The van der Waals surface area contributed by atoms with E-state index in [0.717, 1.165) is 32.1 Å². The highest BCUT2D eigenvalue weighted by Crippen LogP contribution is 2.27. The Morgan fingerprint density at radius 3 is 2.76 bits per heavy atom. The van der Waals surface area contributed by atoms with Crippen molar-refractivity contribution in [1.82, 2.24) is 19.9 Å². The Morgan fingerprint density at radius 1 is 1.12 bits per heavy atom. The molecule has 1 atom stereocenters. The summed E-state index contributed by atoms with van der Waals surface area (Å²) in [6.45, 7) is 2.18. The summed E-state index contributed by atoms with van der Waals surface area (Å²) in [7, 11) is 0. The zero-order valence-electron chi connectivity index (χ0n) is 17.8. The lowest BCUT2D eigenvalue weighted by Gasteiger charge is -2.25. The minimum Gasteiger partial charge on any atom is -0.439 e. The van der Waals surface area contributed by atoms with Gasteiger partial charge < -0.3 is 10.1 Å². The van der Waals surface area contributed by atoms with Crippen LogP contribution in [0.25, 0.3) is 22.3 Å². The van der Waals surface area contributed by atoms with Crippen LogP contribution in [0.2, 0.25) is 0 Å². The van der Waals surface area contributed by atoms with E-state index in [0.29, 0.717) is 29.0 Å². The van der Waals surface area contributed by atoms with Crippen LogP contribution in [0, 0.1) is 17.6 Å². The van der Waals surface area contributed by atoms with E-state index in [-0.39, 0.29) is 22.9 Å². The third-order valence-electron chi connectivity index (χ3n) is 5.80. The zero-order chi connectivity index (χ0) is 22.8. The van der Waals surface area contributed by atoms with Crippen molar-refractivity contribution in [2.75, 3.05) is 13.1 Å². The molecule has 1 saturated heterocycles. The van der Waals surface area contributed by atoms with E-state index in [9.17, 15) is 13.6 Å². The van der Waals surface area contributed by atoms with Crippen molar-refractivity contribution < 1.29 is 13.5 Å². The molecule has 0 spiro atoms. The summed E-state index contributed by atoms with van der Waals surface area (Å²) in [4.78, 5) is 22.2. The Hall–Kier alpha value is -3.65. The number of benzene rings is 2. The second kappa shape index (κ2) is 9.07. The number of fused-ring (bicyclic) bond motifs is 1. The Bertz CT molecular complexity index is 1350. The maximum atomic E-state index is 14.7. The minimum atomic E-state index is -0.467. The second-order valence-corrected chi connectivity index (χ2v) is 8.14. The topological polar surface area (TPSA) is 69.0 Å². The molecule has 4 aromatic rings. The first-order valence-corrected chi connectivity index (χ1v) is 10.9. The van der Waals surface area contributed by atoms with Gasteiger partial charge in [-0.15, -0.1) is 0 Å². The molecule has 6 nitrogen and oxygen atoms in total. The molecule has 5 rings (SSSR count). The third kappa shape index (κ3) is 4.47. The van der Waals surface area contributed by atoms with Crippen molar-refractivity contribution in [3.05, 3.63) is 82.8 Å². The molecular formula is C25H22F2N4O2. The van der Waals surface area contributed by atoms with Crippen molar-refractivity contribution in [3.8, 4) is 23.0 Å². The first-order chi connectivity index (χ1) is 16.1. The Kier molecular flexibility index (Phi) is 5.83. The fourth-order valence-electron chi connectivity index (χ4n) is 4.16. The number of hydrogen-bond donors (Lipinski definition) is 1. The molecule has 0 radical (unpaired) electrons. The molecule has 1 N–H and O–H groups in total. The van der Waals surface area contributed by atoms with Gasteiger partial charge in [0.1, 0.15) is 23.2 Å². The number of rotatable bonds is 5. The fraction of sp³-hybridized carbons (Fsp3) is 0.240. The number of pyridine rings is 1. The van der Waals surface area contributed by atoms with Crippen LogP contribution in [0.5, 0.6) is 11.6 Å². The fourth-order valence-corrected chi connectivity index (χ4v) is 4.16. The van der Waals surface area contributed by atoms with Gasteiger partial charge in [0.25, 0.3) is 5.56 Å². The van der Waals surface area contributed by atoms with E-state index in [4.69, 9.17) is 4.74 Å². The molecule has 0 saturated carbocycles. The van der Waals surface area contributed by atoms with Crippen LogP contribution in [0.15, 0.2) is 65.6 Å². The number of ether oxygens (including phenoxy) is 1. The molecule has 8 heteroatoms. The predicted octanol–water partition coefficient (Wildman–Crippen LogP) is 4.53. The molecule has 33 heavy (non-hydrogen) atoms. The number of nitrogens with zero attached hydrogens (tertiary/aromatic N) is 3. The van der Waals surface area contributed by atoms with Gasteiger partial charge in [-0.1, -0.05) is 12.1 Å². The molecule has 0 bridgehead atoms. The van der Waals surface area contributed by atoms with Gasteiger partial charge in [-0.3, -0.25) is 9.36 Å². The maximum absolute atomic E-state index is 14.7. The van der Waals surface area contributed by atoms with Gasteiger partial charge in [0, 0.05) is 12.6 Å². The average Bonchev–Trinajstić information content (AvgIpc) is 2.84. The van der Waals surface area contributed by atoms with Crippen molar-refractivity contribution >= 4 is 10.9 Å². The Morgan fingerprint density at radius 2 is 2.00 bits per heavy atom. The van der Waals surface area contributed by atoms with Gasteiger partial charge in [-0.05, 0) is 68.2 Å². The van der Waals surface area contributed by atoms with Crippen LogP contribution in [0.4, 0.5) is 8.78 Å². The summed E-state index contributed by atoms with van der Waals surface area (Å²) in [5.74, 6) is 0.242. The Labute approximate surface area is 188 Å². The van der Waals surface area contributed by atoms with Crippen molar-refractivity contribution in [2.45, 2.75) is 19.4 Å². The van der Waals surface area contributed by atoms with Gasteiger partial charge >= 0.3 is 0 Å². The lowest BCUT2D eigenvalue weighted by Crippen LogP contribution is -2.35. The molecule has 168 valence electrons. The second-order valence-electron chi connectivity index (χ2n) is 8.14. The summed E-state index contributed by atoms with van der Waals surface area (Å²) in [6, 6.07) is 13.9. The van der Waals surface area contributed by atoms with E-state index in [1.165, 1.54) is 18.2 Å². The van der Waals surface area contributed by atoms with Crippen LogP contribution < -0.4 is 15.6 Å². The third-order valence-corrected chi connectivity index (χ3v) is 5.80. The van der Waals surface area contributed by atoms with Gasteiger partial charge in [-0.25, -0.2) is 18.7 Å². The van der Waals surface area contributed by atoms with Crippen LogP contribution in [0.3, 0.4) is 0 Å². The smallest absolute Gasteiger partial charge is 0.261 e. The summed E-state index contributed by atoms with van der Waals surface area (Å²) >= 11 is 0. The number of nitrogens with one attached hydrogen (secondary N) is 1. The summed E-state index contributed by atoms with van der Waals surface area (Å²) in [5, 5.41) is 3.72. The van der Waals surface area contributed by atoms with Gasteiger partial charge in [0.05, 0.1) is 22.7 Å². The molecule has 0 amide bonds. The number of aromatic nitrogens is 3. The minimum absolute atomic E-state index is 0.209. The molecule has 1 fully saturated rings. The summed E-state index contributed by atoms with van der Waals surface area (Å²) in [6.07, 6.45) is 3.06. The summed E-state index contributed by atoms with van der Waals surface area (Å²) < 4.78 is 35.1. The van der Waals surface area contributed by atoms with E-state index in [1.807, 2.05) is 0 Å². The monoisotopic (exact) mass is 448 g/mol. The van der Waals surface area contributed by atoms with E-state index in [1.54, 1.807) is 41.0 Å². The molecule has 1 unspecified atom stereocenters. The first kappa shape index (κ1) is 21.2. The van der Waals surface area contributed by atoms with Crippen LogP contribution in [0.1, 0.15) is 12.8 Å². The average molecular weight is 448 g/mol. The lowest BCUT2D eigenvalue weighted by atomic mass is 9.99. The van der Waals surface area contributed by atoms with Crippen LogP contribution in [-0.2, 0) is 6.54 Å². The molecule has 2 aromatic heterocycles. The quantitative estimate of drug-likeness (QED) is 0.486. The van der Waals surface area contributed by atoms with E-state index in [2.05, 4.69) is 15.3 Å². The Balaban J connectivity index is 1.61. The lowest BCUT2D eigenvalue weighted by molar-refractivity contribution is 0.334. The van der Waals surface area contributed by atoms with Crippen molar-refractivity contribution in [2.24, 2.45) is 5.92 Å². The predicted molar refractivity (Wildman–Crippen MR) is 121 cm³/mol. The maximum Gasteiger partial charge on any atom is 0.261 e. The van der Waals surface area contributed by atoms with Crippen LogP contribution >= 0.6 is 0 Å². The van der Waals surface area contributed by atoms with Gasteiger partial charge in [-0.2, -0.15) is 0 Å². The van der Waals surface area contributed by atoms with Crippen molar-refractivity contribution in [3.63, 3.8) is 0 Å².